The maximum Gasteiger partial charge on any atom is 0.251 e. The Morgan fingerprint density at radius 2 is 1.87 bits per heavy atom. The van der Waals surface area contributed by atoms with E-state index in [1.807, 2.05) is 23.1 Å². The number of carbonyl (C=O) groups is 1. The lowest BCUT2D eigenvalue weighted by molar-refractivity contribution is -0.113. The topological polar surface area (TPSA) is 61.4 Å². The van der Waals surface area contributed by atoms with Gasteiger partial charge in [0.2, 0.25) is 5.95 Å². The number of carbonyl (C=O) groups excluding carboxylic acids is 1. The van der Waals surface area contributed by atoms with Crippen molar-refractivity contribution in [3.8, 4) is 0 Å². The molecule has 6 nitrogen and oxygen atoms in total. The fourth-order valence-electron chi connectivity index (χ4n) is 5.03. The second-order valence-electron chi connectivity index (χ2n) is 8.32. The van der Waals surface area contributed by atoms with Crippen LogP contribution in [0.1, 0.15) is 38.5 Å². The minimum Gasteiger partial charge on any atom is -0.363 e. The number of rotatable bonds is 4. The van der Waals surface area contributed by atoms with Crippen molar-refractivity contribution in [3.63, 3.8) is 0 Å². The number of anilines is 3. The van der Waals surface area contributed by atoms with E-state index in [0.717, 1.165) is 25.7 Å². The standard InChI is InChI=1S/C23H26FN5O/c24-20-15-17(5-8-21(20)29-18-3-1-4-19(29)7-6-18)27-22(30)16-9-13-28(14-10-16)23-25-11-2-12-26-23/h2,5,8-9,11-12,15,18-19H,1,3-4,6-7,10,13-14H2,(H,27,30). The summed E-state index contributed by atoms with van der Waals surface area (Å²) in [6.07, 6.45) is 11.8. The van der Waals surface area contributed by atoms with Crippen molar-refractivity contribution in [2.24, 2.45) is 0 Å². The molecule has 2 aromatic rings. The third-order valence-electron chi connectivity index (χ3n) is 6.51. The van der Waals surface area contributed by atoms with Crippen LogP contribution in [-0.2, 0) is 4.79 Å². The molecule has 2 saturated heterocycles. The quantitative estimate of drug-likeness (QED) is 0.833. The highest BCUT2D eigenvalue weighted by molar-refractivity contribution is 6.04. The number of hydrogen-bond acceptors (Lipinski definition) is 5. The van der Waals surface area contributed by atoms with Gasteiger partial charge in [0.05, 0.1) is 5.69 Å². The van der Waals surface area contributed by atoms with Gasteiger partial charge in [0, 0.05) is 48.8 Å². The lowest BCUT2D eigenvalue weighted by Crippen LogP contribution is -2.40. The average Bonchev–Trinajstić information content (AvgIpc) is 3.02. The summed E-state index contributed by atoms with van der Waals surface area (Å²) in [5.41, 5.74) is 1.89. The van der Waals surface area contributed by atoms with Crippen LogP contribution in [0, 0.1) is 5.82 Å². The largest absolute Gasteiger partial charge is 0.363 e. The van der Waals surface area contributed by atoms with Gasteiger partial charge in [0.15, 0.2) is 0 Å². The molecule has 2 fully saturated rings. The number of nitrogens with zero attached hydrogens (tertiary/aromatic N) is 4. The Balaban J connectivity index is 1.24. The van der Waals surface area contributed by atoms with E-state index in [1.54, 1.807) is 18.5 Å². The van der Waals surface area contributed by atoms with Crippen LogP contribution in [0.15, 0.2) is 48.3 Å². The first-order valence-corrected chi connectivity index (χ1v) is 10.8. The second-order valence-corrected chi connectivity index (χ2v) is 8.32. The number of nitrogens with one attached hydrogen (secondary N) is 1. The normalized spacial score (nSPS) is 23.3. The SMILES string of the molecule is O=C(Nc1ccc(N2C3CCCC2CC3)c(F)c1)C1=CCN(c2ncccn2)CC1. The molecule has 3 aliphatic heterocycles. The molecule has 7 heteroatoms. The molecule has 0 radical (unpaired) electrons. The molecule has 3 aliphatic rings. The van der Waals surface area contributed by atoms with E-state index in [0.29, 0.717) is 54.5 Å². The highest BCUT2D eigenvalue weighted by atomic mass is 19.1. The van der Waals surface area contributed by atoms with Crippen LogP contribution < -0.4 is 15.1 Å². The molecule has 2 unspecified atom stereocenters. The van der Waals surface area contributed by atoms with E-state index in [2.05, 4.69) is 20.2 Å². The fourth-order valence-corrected chi connectivity index (χ4v) is 5.03. The van der Waals surface area contributed by atoms with Gasteiger partial charge in [-0.2, -0.15) is 0 Å². The third kappa shape index (κ3) is 3.64. The zero-order chi connectivity index (χ0) is 20.5. The molecule has 0 saturated carbocycles. The summed E-state index contributed by atoms with van der Waals surface area (Å²) in [5, 5.41) is 2.86. The molecular formula is C23H26FN5O. The van der Waals surface area contributed by atoms with Gasteiger partial charge >= 0.3 is 0 Å². The molecule has 2 bridgehead atoms. The Morgan fingerprint density at radius 3 is 2.53 bits per heavy atom. The summed E-state index contributed by atoms with van der Waals surface area (Å²) in [4.78, 5) is 25.5. The van der Waals surface area contributed by atoms with Gasteiger partial charge in [-0.1, -0.05) is 6.08 Å². The third-order valence-corrected chi connectivity index (χ3v) is 6.51. The van der Waals surface area contributed by atoms with Crippen molar-refractivity contribution in [2.45, 2.75) is 50.6 Å². The molecule has 1 aromatic carbocycles. The van der Waals surface area contributed by atoms with Crippen molar-refractivity contribution in [1.29, 1.82) is 0 Å². The van der Waals surface area contributed by atoms with Crippen LogP contribution >= 0.6 is 0 Å². The molecule has 4 heterocycles. The monoisotopic (exact) mass is 407 g/mol. The van der Waals surface area contributed by atoms with Crippen LogP contribution in [0.5, 0.6) is 0 Å². The smallest absolute Gasteiger partial charge is 0.251 e. The zero-order valence-corrected chi connectivity index (χ0v) is 16.9. The van der Waals surface area contributed by atoms with Gasteiger partial charge in [-0.25, -0.2) is 14.4 Å². The van der Waals surface area contributed by atoms with Gasteiger partial charge in [0.25, 0.3) is 5.91 Å². The van der Waals surface area contributed by atoms with Crippen molar-refractivity contribution in [2.75, 3.05) is 28.2 Å². The summed E-state index contributed by atoms with van der Waals surface area (Å²) >= 11 is 0. The first kappa shape index (κ1) is 19.0. The van der Waals surface area contributed by atoms with E-state index in [-0.39, 0.29) is 11.7 Å². The number of piperidine rings is 1. The fraction of sp³-hybridized carbons (Fsp3) is 0.435. The van der Waals surface area contributed by atoms with E-state index in [9.17, 15) is 9.18 Å². The summed E-state index contributed by atoms with van der Waals surface area (Å²) in [7, 11) is 0. The summed E-state index contributed by atoms with van der Waals surface area (Å²) in [6.45, 7) is 1.26. The number of amides is 1. The van der Waals surface area contributed by atoms with Gasteiger partial charge < -0.3 is 15.1 Å². The minimum atomic E-state index is -0.253. The Morgan fingerprint density at radius 1 is 1.10 bits per heavy atom. The lowest BCUT2D eigenvalue weighted by atomic mass is 10.0. The van der Waals surface area contributed by atoms with Crippen LogP contribution in [0.3, 0.4) is 0 Å². The van der Waals surface area contributed by atoms with Crippen molar-refractivity contribution in [1.82, 2.24) is 9.97 Å². The summed E-state index contributed by atoms with van der Waals surface area (Å²) in [6, 6.07) is 7.80. The number of benzene rings is 1. The minimum absolute atomic E-state index is 0.172. The van der Waals surface area contributed by atoms with E-state index in [4.69, 9.17) is 0 Å². The average molecular weight is 407 g/mol. The van der Waals surface area contributed by atoms with Gasteiger partial charge in [-0.3, -0.25) is 4.79 Å². The zero-order valence-electron chi connectivity index (χ0n) is 16.9. The summed E-state index contributed by atoms with van der Waals surface area (Å²) in [5.74, 6) is 0.239. The maximum atomic E-state index is 14.9. The Hall–Kier alpha value is -2.96. The highest BCUT2D eigenvalue weighted by Crippen LogP contribution is 2.40. The van der Waals surface area contributed by atoms with Gasteiger partial charge in [-0.15, -0.1) is 0 Å². The molecule has 0 spiro atoms. The molecule has 5 rings (SSSR count). The number of halogens is 1. The predicted molar refractivity (Wildman–Crippen MR) is 115 cm³/mol. The predicted octanol–water partition coefficient (Wildman–Crippen LogP) is 3.91. The Bertz CT molecular complexity index is 947. The summed E-state index contributed by atoms with van der Waals surface area (Å²) < 4.78 is 14.9. The van der Waals surface area contributed by atoms with Gasteiger partial charge in [0.1, 0.15) is 5.82 Å². The van der Waals surface area contributed by atoms with E-state index < -0.39 is 0 Å². The molecule has 156 valence electrons. The maximum absolute atomic E-state index is 14.9. The van der Waals surface area contributed by atoms with Crippen LogP contribution in [0.4, 0.5) is 21.7 Å². The Labute approximate surface area is 175 Å². The first-order valence-electron chi connectivity index (χ1n) is 10.8. The van der Waals surface area contributed by atoms with E-state index in [1.165, 1.54) is 12.5 Å². The van der Waals surface area contributed by atoms with E-state index >= 15 is 0 Å². The first-order chi connectivity index (χ1) is 14.7. The second kappa shape index (κ2) is 8.05. The Kier molecular flexibility index (Phi) is 5.11. The molecule has 1 N–H and O–H groups in total. The van der Waals surface area contributed by atoms with Crippen molar-refractivity contribution >= 4 is 23.2 Å². The van der Waals surface area contributed by atoms with Crippen LogP contribution in [0.25, 0.3) is 0 Å². The lowest BCUT2D eigenvalue weighted by Gasteiger charge is -2.37. The molecular weight excluding hydrogens is 381 g/mol. The molecule has 30 heavy (non-hydrogen) atoms. The number of fused-ring (bicyclic) bond motifs is 2. The highest BCUT2D eigenvalue weighted by Gasteiger charge is 2.37. The van der Waals surface area contributed by atoms with Crippen LogP contribution in [-0.4, -0.2) is 41.0 Å². The van der Waals surface area contributed by atoms with Gasteiger partial charge in [-0.05, 0) is 62.8 Å². The van der Waals surface area contributed by atoms with Crippen molar-refractivity contribution in [3.05, 3.63) is 54.1 Å². The molecule has 2 atom stereocenters. The number of hydrogen-bond donors (Lipinski definition) is 1. The molecule has 1 aromatic heterocycles. The van der Waals surface area contributed by atoms with Crippen LogP contribution in [0.2, 0.25) is 0 Å². The molecule has 0 aliphatic carbocycles. The number of aromatic nitrogens is 2. The molecule has 1 amide bonds. The van der Waals surface area contributed by atoms with Crippen molar-refractivity contribution < 1.29 is 9.18 Å².